The van der Waals surface area contributed by atoms with E-state index in [1.165, 1.54) is 22.4 Å². The Labute approximate surface area is 147 Å². The van der Waals surface area contributed by atoms with E-state index in [-0.39, 0.29) is 13.0 Å². The van der Waals surface area contributed by atoms with E-state index in [1.807, 2.05) is 6.26 Å². The van der Waals surface area contributed by atoms with Crippen LogP contribution in [0.2, 0.25) is 0 Å². The number of amides is 1. The molecule has 1 amide bonds. The molecule has 0 radical (unpaired) electrons. The summed E-state index contributed by atoms with van der Waals surface area (Å²) in [6.45, 7) is 5.36. The highest BCUT2D eigenvalue weighted by Gasteiger charge is 2.32. The van der Waals surface area contributed by atoms with Crippen LogP contribution in [0.25, 0.3) is 5.78 Å². The first-order chi connectivity index (χ1) is 11.7. The van der Waals surface area contributed by atoms with Crippen molar-refractivity contribution in [3.63, 3.8) is 0 Å². The van der Waals surface area contributed by atoms with Gasteiger partial charge in [0.15, 0.2) is 0 Å². The molecule has 10 heteroatoms. The predicted octanol–water partition coefficient (Wildman–Crippen LogP) is 2.58. The number of aromatic nitrogens is 4. The number of hydrogen-bond acceptors (Lipinski definition) is 5. The molecule has 2 rings (SSSR count). The van der Waals surface area contributed by atoms with Crippen LogP contribution in [0, 0.1) is 13.8 Å². The lowest BCUT2D eigenvalue weighted by atomic mass is 10.1. The smallest absolute Gasteiger partial charge is 0.330 e. The highest BCUT2D eigenvalue weighted by Crippen LogP contribution is 2.20. The normalized spacial score (nSPS) is 11.8. The summed E-state index contributed by atoms with van der Waals surface area (Å²) in [4.78, 5) is 21.6. The van der Waals surface area contributed by atoms with Crippen molar-refractivity contribution in [2.45, 2.75) is 31.6 Å². The summed E-state index contributed by atoms with van der Waals surface area (Å²) in [6, 6.07) is 0. The second-order valence-electron chi connectivity index (χ2n) is 5.43. The number of thioether (sulfide) groups is 1. The molecule has 25 heavy (non-hydrogen) atoms. The van der Waals surface area contributed by atoms with Crippen molar-refractivity contribution in [1.29, 1.82) is 0 Å². The fourth-order valence-electron chi connectivity index (χ4n) is 2.42. The van der Waals surface area contributed by atoms with E-state index in [1.54, 1.807) is 13.8 Å². The van der Waals surface area contributed by atoms with Crippen molar-refractivity contribution in [2.24, 2.45) is 0 Å². The van der Waals surface area contributed by atoms with Gasteiger partial charge in [-0.05, 0) is 20.1 Å². The molecule has 0 saturated carbocycles. The number of hydrogen-bond donors (Lipinski definition) is 0. The number of alkyl halides is 3. The Morgan fingerprint density at radius 2 is 2.04 bits per heavy atom. The Kier molecular flexibility index (Phi) is 5.71. The molecule has 0 aliphatic carbocycles. The van der Waals surface area contributed by atoms with Gasteiger partial charge in [-0.2, -0.15) is 18.2 Å². The van der Waals surface area contributed by atoms with Crippen molar-refractivity contribution in [3.05, 3.63) is 29.6 Å². The second kappa shape index (κ2) is 7.42. The van der Waals surface area contributed by atoms with Gasteiger partial charge in [0.2, 0.25) is 11.1 Å². The van der Waals surface area contributed by atoms with Gasteiger partial charge in [0, 0.05) is 23.5 Å². The van der Waals surface area contributed by atoms with Crippen molar-refractivity contribution in [1.82, 2.24) is 24.5 Å². The molecule has 2 aromatic rings. The molecule has 2 heterocycles. The molecule has 136 valence electrons. The molecule has 0 bridgehead atoms. The van der Waals surface area contributed by atoms with Gasteiger partial charge in [-0.15, -0.1) is 11.7 Å². The zero-order valence-electron chi connectivity index (χ0n) is 14.1. The van der Waals surface area contributed by atoms with Gasteiger partial charge < -0.3 is 4.90 Å². The van der Waals surface area contributed by atoms with Crippen LogP contribution in [-0.4, -0.2) is 55.9 Å². The van der Waals surface area contributed by atoms with Crippen molar-refractivity contribution >= 4 is 23.4 Å². The molecule has 0 aromatic carbocycles. The molecule has 6 nitrogen and oxygen atoms in total. The summed E-state index contributed by atoms with van der Waals surface area (Å²) >= 11 is 1.35. The molecule has 0 fully saturated rings. The van der Waals surface area contributed by atoms with Crippen LogP contribution in [0.3, 0.4) is 0 Å². The standard InChI is InChI=1S/C15H18F3N5OS/c1-5-6-22(8-15(16,17)18)12(24)7-11-9(2)19-13-20-14(25-4)21-23(13)10(11)3/h5H,1,6-8H2,2-4H3. The topological polar surface area (TPSA) is 63.4 Å². The van der Waals surface area contributed by atoms with E-state index in [9.17, 15) is 18.0 Å². The lowest BCUT2D eigenvalue weighted by molar-refractivity contribution is -0.159. The number of rotatable bonds is 6. The maximum atomic E-state index is 12.7. The third-order valence-corrected chi connectivity index (χ3v) is 4.15. The van der Waals surface area contributed by atoms with Crippen LogP contribution >= 0.6 is 11.8 Å². The fraction of sp³-hybridized carbons (Fsp3) is 0.467. The molecule has 0 N–H and O–H groups in total. The lowest BCUT2D eigenvalue weighted by Crippen LogP contribution is -2.40. The van der Waals surface area contributed by atoms with Gasteiger partial charge in [-0.1, -0.05) is 17.8 Å². The molecule has 0 atom stereocenters. The Bertz CT molecular complexity index is 803. The first-order valence-electron chi connectivity index (χ1n) is 7.38. The van der Waals surface area contributed by atoms with Crippen LogP contribution in [0.1, 0.15) is 17.0 Å². The minimum absolute atomic E-state index is 0.175. The zero-order chi connectivity index (χ0) is 18.8. The van der Waals surface area contributed by atoms with Gasteiger partial charge in [0.05, 0.1) is 6.42 Å². The third kappa shape index (κ3) is 4.50. The lowest BCUT2D eigenvalue weighted by Gasteiger charge is -2.23. The molecule has 0 saturated heterocycles. The molecular formula is C15H18F3N5OS. The monoisotopic (exact) mass is 373 g/mol. The molecular weight excluding hydrogens is 355 g/mol. The number of nitrogens with zero attached hydrogens (tertiary/aromatic N) is 5. The third-order valence-electron chi connectivity index (χ3n) is 3.61. The van der Waals surface area contributed by atoms with Gasteiger partial charge in [-0.25, -0.2) is 9.50 Å². The van der Waals surface area contributed by atoms with E-state index >= 15 is 0 Å². The van der Waals surface area contributed by atoms with Crippen LogP contribution in [0.4, 0.5) is 13.2 Å². The van der Waals surface area contributed by atoms with Crippen LogP contribution in [0.15, 0.2) is 17.8 Å². The van der Waals surface area contributed by atoms with Crippen molar-refractivity contribution < 1.29 is 18.0 Å². The SMILES string of the molecule is C=CCN(CC(F)(F)F)C(=O)Cc1c(C)nc2nc(SC)nn2c1C. The Balaban J connectivity index is 2.34. The molecule has 0 spiro atoms. The zero-order valence-corrected chi connectivity index (χ0v) is 14.9. The van der Waals surface area contributed by atoms with Gasteiger partial charge in [0.1, 0.15) is 6.54 Å². The number of aryl methyl sites for hydroxylation is 2. The summed E-state index contributed by atoms with van der Waals surface area (Å²) in [5, 5.41) is 4.80. The summed E-state index contributed by atoms with van der Waals surface area (Å²) in [5.74, 6) is -0.247. The molecule has 0 aliphatic heterocycles. The van der Waals surface area contributed by atoms with Gasteiger partial charge in [0.25, 0.3) is 5.78 Å². The van der Waals surface area contributed by atoms with Crippen LogP contribution in [-0.2, 0) is 11.2 Å². The Hall–Kier alpha value is -2.10. The predicted molar refractivity (Wildman–Crippen MR) is 88.6 cm³/mol. The van der Waals surface area contributed by atoms with E-state index < -0.39 is 18.6 Å². The van der Waals surface area contributed by atoms with E-state index in [2.05, 4.69) is 21.6 Å². The summed E-state index contributed by atoms with van der Waals surface area (Å²) in [7, 11) is 0. The van der Waals surface area contributed by atoms with Crippen LogP contribution in [0.5, 0.6) is 0 Å². The first kappa shape index (κ1) is 19.2. The van der Waals surface area contributed by atoms with Crippen molar-refractivity contribution in [2.75, 3.05) is 19.3 Å². The fourth-order valence-corrected chi connectivity index (χ4v) is 2.76. The summed E-state index contributed by atoms with van der Waals surface area (Å²) in [5.41, 5.74) is 1.73. The van der Waals surface area contributed by atoms with Crippen molar-refractivity contribution in [3.8, 4) is 0 Å². The number of fused-ring (bicyclic) bond motifs is 1. The molecule has 0 unspecified atom stereocenters. The molecule has 2 aromatic heterocycles. The van der Waals surface area contributed by atoms with Gasteiger partial charge >= 0.3 is 6.18 Å². The molecule has 0 aliphatic rings. The first-order valence-corrected chi connectivity index (χ1v) is 8.61. The van der Waals surface area contributed by atoms with Gasteiger partial charge in [-0.3, -0.25) is 4.79 Å². The summed E-state index contributed by atoms with van der Waals surface area (Å²) in [6.07, 6.45) is -1.57. The van der Waals surface area contributed by atoms with Crippen LogP contribution < -0.4 is 0 Å². The Morgan fingerprint density at radius 3 is 2.60 bits per heavy atom. The maximum Gasteiger partial charge on any atom is 0.406 e. The minimum atomic E-state index is -4.47. The number of carbonyl (C=O) groups is 1. The average Bonchev–Trinajstić information content (AvgIpc) is 2.92. The highest BCUT2D eigenvalue weighted by atomic mass is 32.2. The quantitative estimate of drug-likeness (QED) is 0.575. The second-order valence-corrected chi connectivity index (χ2v) is 6.20. The Morgan fingerprint density at radius 1 is 1.36 bits per heavy atom. The highest BCUT2D eigenvalue weighted by molar-refractivity contribution is 7.98. The minimum Gasteiger partial charge on any atom is -0.330 e. The number of halogens is 3. The van der Waals surface area contributed by atoms with E-state index in [4.69, 9.17) is 0 Å². The summed E-state index contributed by atoms with van der Waals surface area (Å²) < 4.78 is 39.5. The maximum absolute atomic E-state index is 12.7. The van der Waals surface area contributed by atoms with E-state index in [0.717, 1.165) is 4.90 Å². The van der Waals surface area contributed by atoms with E-state index in [0.29, 0.717) is 27.9 Å². The number of carbonyl (C=O) groups excluding carboxylic acids is 1. The average molecular weight is 373 g/mol. The largest absolute Gasteiger partial charge is 0.406 e.